The summed E-state index contributed by atoms with van der Waals surface area (Å²) >= 11 is 0. The molecule has 0 saturated carbocycles. The maximum atomic E-state index is 11.7. The predicted molar refractivity (Wildman–Crippen MR) is 87.8 cm³/mol. The summed E-state index contributed by atoms with van der Waals surface area (Å²) in [4.78, 5) is 14.1. The Kier molecular flexibility index (Phi) is 7.36. The molecule has 5 nitrogen and oxygen atoms in total. The van der Waals surface area contributed by atoms with Crippen molar-refractivity contribution < 1.29 is 9.53 Å². The number of nitrogens with one attached hydrogen (secondary N) is 2. The highest BCUT2D eigenvalue weighted by atomic mass is 16.5. The van der Waals surface area contributed by atoms with Crippen molar-refractivity contribution in [2.24, 2.45) is 0 Å². The summed E-state index contributed by atoms with van der Waals surface area (Å²) in [5.41, 5.74) is 2.52. The Morgan fingerprint density at radius 1 is 1.18 bits per heavy atom. The van der Waals surface area contributed by atoms with Crippen LogP contribution < -0.4 is 10.6 Å². The number of hydrogen-bond donors (Lipinski definition) is 2. The van der Waals surface area contributed by atoms with Crippen molar-refractivity contribution in [1.29, 1.82) is 0 Å². The third kappa shape index (κ3) is 6.56. The van der Waals surface area contributed by atoms with Crippen LogP contribution in [0.5, 0.6) is 0 Å². The van der Waals surface area contributed by atoms with E-state index in [-0.39, 0.29) is 5.91 Å². The smallest absolute Gasteiger partial charge is 0.221 e. The third-order valence-corrected chi connectivity index (χ3v) is 3.83. The zero-order chi connectivity index (χ0) is 15.6. The van der Waals surface area contributed by atoms with E-state index in [9.17, 15) is 4.79 Å². The van der Waals surface area contributed by atoms with E-state index in [4.69, 9.17) is 4.74 Å². The van der Waals surface area contributed by atoms with E-state index in [1.54, 1.807) is 0 Å². The number of rotatable bonds is 8. The first kappa shape index (κ1) is 16.9. The Bertz CT molecular complexity index is 442. The largest absolute Gasteiger partial charge is 0.379 e. The van der Waals surface area contributed by atoms with Crippen LogP contribution in [0, 0.1) is 6.92 Å². The molecule has 0 unspecified atom stereocenters. The number of benzene rings is 1. The first-order valence-electron chi connectivity index (χ1n) is 8.07. The fraction of sp³-hybridized carbons (Fsp3) is 0.588. The molecule has 0 aliphatic carbocycles. The zero-order valence-electron chi connectivity index (χ0n) is 13.4. The molecular formula is C17H27N3O2. The lowest BCUT2D eigenvalue weighted by atomic mass is 10.1. The fourth-order valence-corrected chi connectivity index (χ4v) is 2.41. The minimum Gasteiger partial charge on any atom is -0.379 e. The van der Waals surface area contributed by atoms with Crippen molar-refractivity contribution in [1.82, 2.24) is 15.5 Å². The molecule has 1 aliphatic rings. The van der Waals surface area contributed by atoms with Crippen LogP contribution in [-0.4, -0.2) is 56.7 Å². The van der Waals surface area contributed by atoms with Crippen molar-refractivity contribution in [3.05, 3.63) is 35.4 Å². The molecule has 0 radical (unpaired) electrons. The van der Waals surface area contributed by atoms with Crippen molar-refractivity contribution in [2.45, 2.75) is 19.9 Å². The van der Waals surface area contributed by atoms with Gasteiger partial charge >= 0.3 is 0 Å². The van der Waals surface area contributed by atoms with Crippen molar-refractivity contribution in [3.63, 3.8) is 0 Å². The van der Waals surface area contributed by atoms with Gasteiger partial charge in [0.15, 0.2) is 0 Å². The van der Waals surface area contributed by atoms with E-state index in [1.165, 1.54) is 11.1 Å². The number of hydrogen-bond acceptors (Lipinski definition) is 4. The molecule has 2 N–H and O–H groups in total. The van der Waals surface area contributed by atoms with Crippen LogP contribution in [0.2, 0.25) is 0 Å². The number of nitrogens with zero attached hydrogens (tertiary/aromatic N) is 1. The van der Waals surface area contributed by atoms with Gasteiger partial charge in [-0.05, 0) is 12.5 Å². The van der Waals surface area contributed by atoms with E-state index in [0.29, 0.717) is 13.0 Å². The van der Waals surface area contributed by atoms with Gasteiger partial charge in [-0.3, -0.25) is 9.69 Å². The third-order valence-electron chi connectivity index (χ3n) is 3.83. The molecule has 1 saturated heterocycles. The van der Waals surface area contributed by atoms with Gasteiger partial charge in [-0.25, -0.2) is 0 Å². The van der Waals surface area contributed by atoms with Gasteiger partial charge in [0, 0.05) is 45.7 Å². The Morgan fingerprint density at radius 3 is 2.64 bits per heavy atom. The molecule has 22 heavy (non-hydrogen) atoms. The predicted octanol–water partition coefficient (Wildman–Crippen LogP) is 0.923. The molecule has 0 bridgehead atoms. The normalized spacial score (nSPS) is 15.7. The maximum absolute atomic E-state index is 11.7. The lowest BCUT2D eigenvalue weighted by Gasteiger charge is -2.26. The first-order chi connectivity index (χ1) is 10.7. The topological polar surface area (TPSA) is 53.6 Å². The molecule has 1 aromatic carbocycles. The van der Waals surface area contributed by atoms with E-state index in [0.717, 1.165) is 45.9 Å². The fourth-order valence-electron chi connectivity index (χ4n) is 2.41. The van der Waals surface area contributed by atoms with Crippen LogP contribution in [0.3, 0.4) is 0 Å². The van der Waals surface area contributed by atoms with Crippen LogP contribution in [0.1, 0.15) is 17.5 Å². The molecule has 0 aromatic heterocycles. The molecule has 1 aliphatic heterocycles. The van der Waals surface area contributed by atoms with Gasteiger partial charge < -0.3 is 15.4 Å². The highest BCUT2D eigenvalue weighted by Crippen LogP contribution is 2.02. The molecule has 5 heteroatoms. The van der Waals surface area contributed by atoms with Crippen molar-refractivity contribution in [3.8, 4) is 0 Å². The second kappa shape index (κ2) is 9.56. The molecule has 0 spiro atoms. The number of morpholine rings is 1. The van der Waals surface area contributed by atoms with Gasteiger partial charge in [0.05, 0.1) is 13.2 Å². The van der Waals surface area contributed by atoms with Crippen LogP contribution >= 0.6 is 0 Å². The van der Waals surface area contributed by atoms with Gasteiger partial charge in [-0.2, -0.15) is 0 Å². The molecule has 2 rings (SSSR count). The van der Waals surface area contributed by atoms with E-state index < -0.39 is 0 Å². The van der Waals surface area contributed by atoms with Crippen molar-refractivity contribution in [2.75, 3.05) is 45.9 Å². The molecule has 1 aromatic rings. The van der Waals surface area contributed by atoms with Crippen LogP contribution in [0.4, 0.5) is 0 Å². The summed E-state index contributed by atoms with van der Waals surface area (Å²) in [6, 6.07) is 8.44. The Hall–Kier alpha value is -1.43. The number of ether oxygens (including phenoxy) is 1. The minimum atomic E-state index is 0.115. The number of aryl methyl sites for hydroxylation is 1. The SMILES string of the molecule is Cc1ccc(CNCCC(=O)NCCN2CCOCC2)cc1. The molecule has 122 valence electrons. The second-order valence-electron chi connectivity index (χ2n) is 5.72. The maximum Gasteiger partial charge on any atom is 0.221 e. The molecule has 1 heterocycles. The molecule has 0 atom stereocenters. The molecule has 1 fully saturated rings. The highest BCUT2D eigenvalue weighted by Gasteiger charge is 2.09. The summed E-state index contributed by atoms with van der Waals surface area (Å²) < 4.78 is 5.30. The Labute approximate surface area is 133 Å². The zero-order valence-corrected chi connectivity index (χ0v) is 13.4. The van der Waals surface area contributed by atoms with Gasteiger partial charge in [0.1, 0.15) is 0 Å². The Morgan fingerprint density at radius 2 is 1.91 bits per heavy atom. The van der Waals surface area contributed by atoms with E-state index in [2.05, 4.69) is 46.7 Å². The van der Waals surface area contributed by atoms with Gasteiger partial charge in [-0.1, -0.05) is 29.8 Å². The molecule has 1 amide bonds. The summed E-state index contributed by atoms with van der Waals surface area (Å²) in [6.07, 6.45) is 0.523. The van der Waals surface area contributed by atoms with E-state index >= 15 is 0 Å². The Balaban J connectivity index is 1.49. The van der Waals surface area contributed by atoms with Crippen LogP contribution in [-0.2, 0) is 16.1 Å². The summed E-state index contributed by atoms with van der Waals surface area (Å²) in [5.74, 6) is 0.115. The minimum absolute atomic E-state index is 0.115. The van der Waals surface area contributed by atoms with Crippen LogP contribution in [0.15, 0.2) is 24.3 Å². The average Bonchev–Trinajstić information content (AvgIpc) is 2.54. The van der Waals surface area contributed by atoms with Gasteiger partial charge in [0.25, 0.3) is 0 Å². The van der Waals surface area contributed by atoms with Crippen LogP contribution in [0.25, 0.3) is 0 Å². The average molecular weight is 305 g/mol. The summed E-state index contributed by atoms with van der Waals surface area (Å²) in [7, 11) is 0. The number of amides is 1. The highest BCUT2D eigenvalue weighted by molar-refractivity contribution is 5.76. The lowest BCUT2D eigenvalue weighted by Crippen LogP contribution is -2.41. The second-order valence-corrected chi connectivity index (χ2v) is 5.72. The number of carbonyl (C=O) groups is 1. The quantitative estimate of drug-likeness (QED) is 0.702. The number of carbonyl (C=O) groups excluding carboxylic acids is 1. The van der Waals surface area contributed by atoms with Gasteiger partial charge in [-0.15, -0.1) is 0 Å². The standard InChI is InChI=1S/C17H27N3O2/c1-15-2-4-16(5-3-15)14-18-7-6-17(21)19-8-9-20-10-12-22-13-11-20/h2-5,18H,6-14H2,1H3,(H,19,21). The van der Waals surface area contributed by atoms with E-state index in [1.807, 2.05) is 0 Å². The first-order valence-corrected chi connectivity index (χ1v) is 8.07. The molecular weight excluding hydrogens is 278 g/mol. The van der Waals surface area contributed by atoms with Crippen molar-refractivity contribution >= 4 is 5.91 Å². The summed E-state index contributed by atoms with van der Waals surface area (Å²) in [5, 5.41) is 6.28. The summed E-state index contributed by atoms with van der Waals surface area (Å²) in [6.45, 7) is 8.76. The monoisotopic (exact) mass is 305 g/mol. The van der Waals surface area contributed by atoms with Gasteiger partial charge in [0.2, 0.25) is 5.91 Å². The lowest BCUT2D eigenvalue weighted by molar-refractivity contribution is -0.121.